The predicted molar refractivity (Wildman–Crippen MR) is 63.6 cm³/mol. The highest BCUT2D eigenvalue weighted by Crippen LogP contribution is 2.16. The summed E-state index contributed by atoms with van der Waals surface area (Å²) in [5.74, 6) is 0.904. The Bertz CT molecular complexity index is 528. The summed E-state index contributed by atoms with van der Waals surface area (Å²) in [4.78, 5) is 12.3. The zero-order valence-electron chi connectivity index (χ0n) is 9.52. The molecule has 0 saturated carbocycles. The highest BCUT2D eigenvalue weighted by Gasteiger charge is 2.06. The second-order valence-corrected chi connectivity index (χ2v) is 3.69. The molecular formula is C12H13FN4. The summed E-state index contributed by atoms with van der Waals surface area (Å²) in [5.41, 5.74) is 6.22. The maximum Gasteiger partial charge on any atom is 0.223 e. The van der Waals surface area contributed by atoms with Gasteiger partial charge in [-0.1, -0.05) is 19.1 Å². The quantitative estimate of drug-likeness (QED) is 0.881. The summed E-state index contributed by atoms with van der Waals surface area (Å²) in [6.45, 7) is 2.03. The lowest BCUT2D eigenvalue weighted by atomic mass is 10.2. The van der Waals surface area contributed by atoms with E-state index in [1.54, 1.807) is 12.1 Å². The van der Waals surface area contributed by atoms with Crippen LogP contribution in [0.2, 0.25) is 0 Å². The topological polar surface area (TPSA) is 64.7 Å². The molecule has 1 aromatic carbocycles. The van der Waals surface area contributed by atoms with Gasteiger partial charge >= 0.3 is 0 Å². The van der Waals surface area contributed by atoms with Crippen LogP contribution >= 0.6 is 0 Å². The second-order valence-electron chi connectivity index (χ2n) is 3.69. The third kappa shape index (κ3) is 2.75. The van der Waals surface area contributed by atoms with Gasteiger partial charge < -0.3 is 5.73 Å². The van der Waals surface area contributed by atoms with Crippen LogP contribution in [0, 0.1) is 5.82 Å². The number of hydrogen-bond donors (Lipinski definition) is 1. The van der Waals surface area contributed by atoms with Crippen LogP contribution in [0.3, 0.4) is 0 Å². The maximum absolute atomic E-state index is 13.1. The van der Waals surface area contributed by atoms with Gasteiger partial charge in [-0.15, -0.1) is 0 Å². The van der Waals surface area contributed by atoms with E-state index in [1.165, 1.54) is 12.1 Å². The molecule has 1 aromatic heterocycles. The first kappa shape index (κ1) is 11.4. The molecular weight excluding hydrogens is 219 g/mol. The lowest BCUT2D eigenvalue weighted by Gasteiger charge is -2.04. The lowest BCUT2D eigenvalue weighted by Crippen LogP contribution is -2.04. The SMILES string of the molecule is CCCc1nc(N)nc(-c2cccc(F)c2)n1. The van der Waals surface area contributed by atoms with Gasteiger partial charge in [-0.25, -0.2) is 9.37 Å². The first-order valence-corrected chi connectivity index (χ1v) is 5.45. The Labute approximate surface area is 98.7 Å². The number of nitrogens with zero attached hydrogens (tertiary/aromatic N) is 3. The third-order valence-electron chi connectivity index (χ3n) is 2.26. The van der Waals surface area contributed by atoms with Crippen LogP contribution in [0.15, 0.2) is 24.3 Å². The van der Waals surface area contributed by atoms with Crippen LogP contribution in [-0.4, -0.2) is 15.0 Å². The van der Waals surface area contributed by atoms with Gasteiger partial charge in [-0.3, -0.25) is 0 Å². The fourth-order valence-electron chi connectivity index (χ4n) is 1.53. The molecule has 0 atom stereocenters. The monoisotopic (exact) mass is 232 g/mol. The maximum atomic E-state index is 13.1. The van der Waals surface area contributed by atoms with Crippen LogP contribution in [-0.2, 0) is 6.42 Å². The normalized spacial score (nSPS) is 10.5. The fraction of sp³-hybridized carbons (Fsp3) is 0.250. The summed E-state index contributed by atoms with van der Waals surface area (Å²) in [6.07, 6.45) is 1.65. The molecule has 0 aliphatic rings. The minimum atomic E-state index is -0.321. The summed E-state index contributed by atoms with van der Waals surface area (Å²) in [6, 6.07) is 6.11. The minimum Gasteiger partial charge on any atom is -0.368 e. The van der Waals surface area contributed by atoms with E-state index in [9.17, 15) is 4.39 Å². The van der Waals surface area contributed by atoms with E-state index >= 15 is 0 Å². The zero-order chi connectivity index (χ0) is 12.3. The molecule has 0 saturated heterocycles. The van der Waals surface area contributed by atoms with E-state index in [0.29, 0.717) is 17.2 Å². The van der Waals surface area contributed by atoms with E-state index in [0.717, 1.165) is 12.8 Å². The van der Waals surface area contributed by atoms with E-state index in [4.69, 9.17) is 5.73 Å². The van der Waals surface area contributed by atoms with Crippen molar-refractivity contribution in [1.29, 1.82) is 0 Å². The number of aryl methyl sites for hydroxylation is 1. The summed E-state index contributed by atoms with van der Waals surface area (Å²) in [7, 11) is 0. The molecule has 88 valence electrons. The first-order valence-electron chi connectivity index (χ1n) is 5.45. The Hall–Kier alpha value is -2.04. The highest BCUT2D eigenvalue weighted by atomic mass is 19.1. The fourth-order valence-corrected chi connectivity index (χ4v) is 1.53. The molecule has 2 aromatic rings. The molecule has 0 radical (unpaired) electrons. The number of aromatic nitrogens is 3. The molecule has 0 fully saturated rings. The van der Waals surface area contributed by atoms with Crippen molar-refractivity contribution < 1.29 is 4.39 Å². The summed E-state index contributed by atoms with van der Waals surface area (Å²) in [5, 5.41) is 0. The summed E-state index contributed by atoms with van der Waals surface area (Å²) >= 11 is 0. The van der Waals surface area contributed by atoms with Crippen molar-refractivity contribution >= 4 is 5.95 Å². The Kier molecular flexibility index (Phi) is 3.27. The second kappa shape index (κ2) is 4.86. The van der Waals surface area contributed by atoms with E-state index in [2.05, 4.69) is 15.0 Å². The van der Waals surface area contributed by atoms with E-state index in [1.807, 2.05) is 6.92 Å². The van der Waals surface area contributed by atoms with Gasteiger partial charge in [0.1, 0.15) is 11.6 Å². The Balaban J connectivity index is 2.44. The molecule has 0 amide bonds. The largest absolute Gasteiger partial charge is 0.368 e. The Morgan fingerprint density at radius 3 is 2.76 bits per heavy atom. The van der Waals surface area contributed by atoms with Crippen molar-refractivity contribution in [2.75, 3.05) is 5.73 Å². The van der Waals surface area contributed by atoms with E-state index < -0.39 is 0 Å². The minimum absolute atomic E-state index is 0.169. The molecule has 5 heteroatoms. The van der Waals surface area contributed by atoms with Gasteiger partial charge in [0.05, 0.1) is 0 Å². The van der Waals surface area contributed by atoms with Crippen LogP contribution in [0.4, 0.5) is 10.3 Å². The molecule has 2 rings (SSSR count). The van der Waals surface area contributed by atoms with Crippen molar-refractivity contribution in [2.24, 2.45) is 0 Å². The highest BCUT2D eigenvalue weighted by molar-refractivity contribution is 5.55. The number of rotatable bonds is 3. The molecule has 0 aliphatic carbocycles. The van der Waals surface area contributed by atoms with Gasteiger partial charge in [0.25, 0.3) is 0 Å². The summed E-state index contributed by atoms with van der Waals surface area (Å²) < 4.78 is 13.1. The Morgan fingerprint density at radius 1 is 1.24 bits per heavy atom. The average Bonchev–Trinajstić information content (AvgIpc) is 2.28. The van der Waals surface area contributed by atoms with Gasteiger partial charge in [0, 0.05) is 12.0 Å². The predicted octanol–water partition coefficient (Wildman–Crippen LogP) is 2.21. The molecule has 1 heterocycles. The third-order valence-corrected chi connectivity index (χ3v) is 2.26. The Morgan fingerprint density at radius 2 is 2.06 bits per heavy atom. The van der Waals surface area contributed by atoms with Gasteiger partial charge in [-0.2, -0.15) is 9.97 Å². The van der Waals surface area contributed by atoms with Gasteiger partial charge in [-0.05, 0) is 18.6 Å². The van der Waals surface area contributed by atoms with E-state index in [-0.39, 0.29) is 11.8 Å². The molecule has 2 N–H and O–H groups in total. The van der Waals surface area contributed by atoms with Crippen molar-refractivity contribution in [3.05, 3.63) is 35.9 Å². The lowest BCUT2D eigenvalue weighted by molar-refractivity contribution is 0.628. The molecule has 4 nitrogen and oxygen atoms in total. The number of hydrogen-bond acceptors (Lipinski definition) is 4. The molecule has 0 bridgehead atoms. The van der Waals surface area contributed by atoms with Crippen LogP contribution in [0.1, 0.15) is 19.2 Å². The van der Waals surface area contributed by atoms with Gasteiger partial charge in [0.2, 0.25) is 5.95 Å². The average molecular weight is 232 g/mol. The van der Waals surface area contributed by atoms with Gasteiger partial charge in [0.15, 0.2) is 5.82 Å². The number of nitrogen functional groups attached to an aromatic ring is 1. The molecule has 0 spiro atoms. The molecule has 0 unspecified atom stereocenters. The molecule has 17 heavy (non-hydrogen) atoms. The van der Waals surface area contributed by atoms with Crippen molar-refractivity contribution in [1.82, 2.24) is 15.0 Å². The number of anilines is 1. The van der Waals surface area contributed by atoms with Crippen molar-refractivity contribution in [3.63, 3.8) is 0 Å². The molecule has 0 aliphatic heterocycles. The van der Waals surface area contributed by atoms with Crippen molar-refractivity contribution in [3.8, 4) is 11.4 Å². The first-order chi connectivity index (χ1) is 8.19. The van der Waals surface area contributed by atoms with Crippen molar-refractivity contribution in [2.45, 2.75) is 19.8 Å². The van der Waals surface area contributed by atoms with Crippen LogP contribution < -0.4 is 5.73 Å². The standard InChI is InChI=1S/C12H13FN4/c1-2-4-10-15-11(17-12(14)16-10)8-5-3-6-9(13)7-8/h3,5-7H,2,4H2,1H3,(H2,14,15,16,17). The number of halogens is 1. The number of benzene rings is 1. The zero-order valence-corrected chi connectivity index (χ0v) is 9.52. The number of nitrogens with two attached hydrogens (primary N) is 1. The smallest absolute Gasteiger partial charge is 0.223 e. The van der Waals surface area contributed by atoms with Crippen LogP contribution in [0.25, 0.3) is 11.4 Å². The van der Waals surface area contributed by atoms with Crippen LogP contribution in [0.5, 0.6) is 0 Å².